The lowest BCUT2D eigenvalue weighted by atomic mass is 9.98. The van der Waals surface area contributed by atoms with Gasteiger partial charge in [0.1, 0.15) is 0 Å². The van der Waals surface area contributed by atoms with Crippen molar-refractivity contribution in [2.45, 2.75) is 26.2 Å². The molecule has 0 spiro atoms. The summed E-state index contributed by atoms with van der Waals surface area (Å²) in [6.07, 6.45) is 3.56. The summed E-state index contributed by atoms with van der Waals surface area (Å²) < 4.78 is 0. The first-order chi connectivity index (χ1) is 17.5. The minimum Gasteiger partial charge on any atom is -0.354 e. The summed E-state index contributed by atoms with van der Waals surface area (Å²) in [6.45, 7) is 5.75. The second kappa shape index (κ2) is 10.3. The van der Waals surface area contributed by atoms with Gasteiger partial charge in [0.05, 0.1) is 16.2 Å². The standard InChI is InChI=1S/C29H30N4O3/c1-20-13-16-32(17-14-20)18-15-21-7-9-23(10-8-21)30-28(22-5-3-2-4-6-22)27-25-19-24(33(35)36)11-12-26(25)31-29(27)34/h2-12,19-20,30H,13-18H2,1H3,(H,31,34). The van der Waals surface area contributed by atoms with Crippen LogP contribution in [0.3, 0.4) is 0 Å². The van der Waals surface area contributed by atoms with Gasteiger partial charge in [0, 0.05) is 35.6 Å². The van der Waals surface area contributed by atoms with Gasteiger partial charge in [-0.05, 0) is 67.6 Å². The van der Waals surface area contributed by atoms with Crippen molar-refractivity contribution < 1.29 is 9.72 Å². The number of anilines is 2. The van der Waals surface area contributed by atoms with Crippen molar-refractivity contribution in [1.82, 2.24) is 4.90 Å². The van der Waals surface area contributed by atoms with E-state index in [4.69, 9.17) is 0 Å². The second-order valence-electron chi connectivity index (χ2n) is 9.65. The first-order valence-corrected chi connectivity index (χ1v) is 12.5. The maximum atomic E-state index is 13.0. The molecule has 2 aliphatic heterocycles. The van der Waals surface area contributed by atoms with Crippen LogP contribution < -0.4 is 10.6 Å². The smallest absolute Gasteiger partial charge is 0.270 e. The molecule has 7 heteroatoms. The Morgan fingerprint density at radius 1 is 1.06 bits per heavy atom. The topological polar surface area (TPSA) is 87.5 Å². The molecule has 36 heavy (non-hydrogen) atoms. The molecule has 0 saturated carbocycles. The molecule has 0 unspecified atom stereocenters. The van der Waals surface area contributed by atoms with Gasteiger partial charge in [0.25, 0.3) is 11.6 Å². The lowest BCUT2D eigenvalue weighted by molar-refractivity contribution is -0.384. The van der Waals surface area contributed by atoms with E-state index in [1.54, 1.807) is 6.07 Å². The SMILES string of the molecule is CC1CCN(CCc2ccc(NC(=C3C(=O)Nc4ccc([N+](=O)[O-])cc43)c3ccccc3)cc2)CC1. The van der Waals surface area contributed by atoms with E-state index in [1.165, 1.54) is 43.6 Å². The Bertz CT molecular complexity index is 1290. The van der Waals surface area contributed by atoms with Crippen LogP contribution >= 0.6 is 0 Å². The molecular weight excluding hydrogens is 452 g/mol. The molecule has 3 aromatic carbocycles. The number of benzene rings is 3. The van der Waals surface area contributed by atoms with Crippen LogP contribution in [0.5, 0.6) is 0 Å². The van der Waals surface area contributed by atoms with E-state index in [1.807, 2.05) is 42.5 Å². The van der Waals surface area contributed by atoms with Gasteiger partial charge in [0.2, 0.25) is 0 Å². The van der Waals surface area contributed by atoms with Crippen LogP contribution in [0.15, 0.2) is 72.8 Å². The van der Waals surface area contributed by atoms with Gasteiger partial charge >= 0.3 is 0 Å². The third-order valence-electron chi connectivity index (χ3n) is 7.09. The molecule has 0 radical (unpaired) electrons. The molecule has 184 valence electrons. The Morgan fingerprint density at radius 3 is 2.47 bits per heavy atom. The van der Waals surface area contributed by atoms with E-state index >= 15 is 0 Å². The molecule has 2 aliphatic rings. The van der Waals surface area contributed by atoms with Gasteiger partial charge in [0.15, 0.2) is 0 Å². The summed E-state index contributed by atoms with van der Waals surface area (Å²) in [5.41, 5.74) is 4.99. The van der Waals surface area contributed by atoms with E-state index in [-0.39, 0.29) is 11.6 Å². The maximum Gasteiger partial charge on any atom is 0.270 e. The number of carbonyl (C=O) groups is 1. The van der Waals surface area contributed by atoms with Crippen LogP contribution in [-0.4, -0.2) is 35.4 Å². The van der Waals surface area contributed by atoms with Crippen molar-refractivity contribution in [2.75, 3.05) is 30.3 Å². The van der Waals surface area contributed by atoms with Crippen molar-refractivity contribution in [3.63, 3.8) is 0 Å². The van der Waals surface area contributed by atoms with E-state index < -0.39 is 4.92 Å². The first kappa shape index (κ1) is 23.8. The number of nitro benzene ring substituents is 1. The quantitative estimate of drug-likeness (QED) is 0.252. The monoisotopic (exact) mass is 482 g/mol. The van der Waals surface area contributed by atoms with Crippen molar-refractivity contribution in [3.8, 4) is 0 Å². The van der Waals surface area contributed by atoms with Crippen LogP contribution in [0.25, 0.3) is 11.3 Å². The van der Waals surface area contributed by atoms with Gasteiger partial charge < -0.3 is 15.5 Å². The zero-order valence-electron chi connectivity index (χ0n) is 20.4. The van der Waals surface area contributed by atoms with Gasteiger partial charge in [-0.2, -0.15) is 0 Å². The summed E-state index contributed by atoms with van der Waals surface area (Å²) in [4.78, 5) is 26.5. The number of nitrogens with one attached hydrogen (secondary N) is 2. The van der Waals surface area contributed by atoms with E-state index in [9.17, 15) is 14.9 Å². The third kappa shape index (κ3) is 5.16. The average molecular weight is 483 g/mol. The Balaban J connectivity index is 1.41. The Hall–Kier alpha value is -3.97. The van der Waals surface area contributed by atoms with Gasteiger partial charge in [-0.3, -0.25) is 14.9 Å². The summed E-state index contributed by atoms with van der Waals surface area (Å²) in [7, 11) is 0. The molecule has 1 amide bonds. The molecular formula is C29H30N4O3. The van der Waals surface area contributed by atoms with E-state index in [0.29, 0.717) is 22.5 Å². The lowest BCUT2D eigenvalue weighted by Gasteiger charge is -2.30. The summed E-state index contributed by atoms with van der Waals surface area (Å²) in [6, 6.07) is 22.3. The summed E-state index contributed by atoms with van der Waals surface area (Å²) in [5, 5.41) is 17.7. The molecule has 0 atom stereocenters. The Labute approximate surface area is 211 Å². The molecule has 0 aliphatic carbocycles. The van der Waals surface area contributed by atoms with Crippen LogP contribution in [-0.2, 0) is 11.2 Å². The summed E-state index contributed by atoms with van der Waals surface area (Å²) >= 11 is 0. The highest BCUT2D eigenvalue weighted by Gasteiger charge is 2.30. The number of carbonyl (C=O) groups excluding carboxylic acids is 1. The average Bonchev–Trinajstić information content (AvgIpc) is 3.23. The highest BCUT2D eigenvalue weighted by molar-refractivity contribution is 6.37. The largest absolute Gasteiger partial charge is 0.354 e. The molecule has 1 fully saturated rings. The van der Waals surface area contributed by atoms with Crippen LogP contribution in [0, 0.1) is 16.0 Å². The van der Waals surface area contributed by atoms with Crippen molar-refractivity contribution in [1.29, 1.82) is 0 Å². The Kier molecular flexibility index (Phi) is 6.82. The van der Waals surface area contributed by atoms with E-state index in [2.05, 4.69) is 34.6 Å². The Morgan fingerprint density at radius 2 is 1.78 bits per heavy atom. The fourth-order valence-electron chi connectivity index (χ4n) is 4.87. The number of rotatable bonds is 7. The number of fused-ring (bicyclic) bond motifs is 1. The molecule has 1 saturated heterocycles. The lowest BCUT2D eigenvalue weighted by Crippen LogP contribution is -2.34. The van der Waals surface area contributed by atoms with Crippen LogP contribution in [0.2, 0.25) is 0 Å². The predicted molar refractivity (Wildman–Crippen MR) is 144 cm³/mol. The summed E-state index contributed by atoms with van der Waals surface area (Å²) in [5.74, 6) is 0.545. The number of nitro groups is 1. The maximum absolute atomic E-state index is 13.0. The fraction of sp³-hybridized carbons (Fsp3) is 0.276. The van der Waals surface area contributed by atoms with Crippen molar-refractivity contribution >= 4 is 34.2 Å². The van der Waals surface area contributed by atoms with Crippen molar-refractivity contribution in [3.05, 3.63) is 99.6 Å². The number of piperidine rings is 1. The fourth-order valence-corrected chi connectivity index (χ4v) is 4.87. The number of likely N-dealkylation sites (tertiary alicyclic amines) is 1. The minimum atomic E-state index is -0.445. The zero-order chi connectivity index (χ0) is 25.1. The molecule has 7 nitrogen and oxygen atoms in total. The molecule has 0 aromatic heterocycles. The van der Waals surface area contributed by atoms with Gasteiger partial charge in [-0.25, -0.2) is 0 Å². The van der Waals surface area contributed by atoms with Crippen LogP contribution in [0.1, 0.15) is 36.5 Å². The zero-order valence-corrected chi connectivity index (χ0v) is 20.4. The number of nitrogens with zero attached hydrogens (tertiary/aromatic N) is 2. The molecule has 3 aromatic rings. The van der Waals surface area contributed by atoms with Crippen LogP contribution in [0.4, 0.5) is 17.1 Å². The first-order valence-electron chi connectivity index (χ1n) is 12.5. The molecule has 5 rings (SSSR count). The van der Waals surface area contributed by atoms with Gasteiger partial charge in [-0.1, -0.05) is 49.4 Å². The van der Waals surface area contributed by atoms with Gasteiger partial charge in [-0.15, -0.1) is 0 Å². The molecule has 0 bridgehead atoms. The normalized spacial score (nSPS) is 17.4. The predicted octanol–water partition coefficient (Wildman–Crippen LogP) is 5.80. The molecule has 2 N–H and O–H groups in total. The second-order valence-corrected chi connectivity index (χ2v) is 9.65. The van der Waals surface area contributed by atoms with Crippen molar-refractivity contribution in [2.24, 2.45) is 5.92 Å². The number of hydrogen-bond donors (Lipinski definition) is 2. The number of amides is 1. The third-order valence-corrected chi connectivity index (χ3v) is 7.09. The highest BCUT2D eigenvalue weighted by atomic mass is 16.6. The number of hydrogen-bond acceptors (Lipinski definition) is 5. The highest BCUT2D eigenvalue weighted by Crippen LogP contribution is 2.39. The molecule has 2 heterocycles. The number of non-ortho nitro benzene ring substituents is 1. The van der Waals surface area contributed by atoms with E-state index in [0.717, 1.165) is 30.1 Å². The minimum absolute atomic E-state index is 0.0531.